The number of nitrogens with zero attached hydrogens (tertiary/aromatic N) is 2. The summed E-state index contributed by atoms with van der Waals surface area (Å²) in [5.41, 5.74) is 0.723. The molecule has 1 N–H and O–H groups in total. The van der Waals surface area contributed by atoms with Crippen LogP contribution in [0.1, 0.15) is 32.3 Å². The zero-order valence-electron chi connectivity index (χ0n) is 12.8. The zero-order valence-corrected chi connectivity index (χ0v) is 13.6. The van der Waals surface area contributed by atoms with Crippen molar-refractivity contribution in [2.24, 2.45) is 5.41 Å². The molecule has 1 saturated carbocycles. The lowest BCUT2D eigenvalue weighted by Gasteiger charge is -2.29. The summed E-state index contributed by atoms with van der Waals surface area (Å²) in [7, 11) is 1.63. The Morgan fingerprint density at radius 2 is 2.09 bits per heavy atom. The molecular weight excluding hydrogens is 302 g/mol. The Hall–Kier alpha value is -2.06. The molecular formula is C16H18ClN3O2. The van der Waals surface area contributed by atoms with Gasteiger partial charge in [-0.05, 0) is 43.4 Å². The van der Waals surface area contributed by atoms with E-state index in [1.807, 2.05) is 13.0 Å². The minimum atomic E-state index is -0.754. The highest BCUT2D eigenvalue weighted by atomic mass is 35.5. The molecule has 2 amide bonds. The highest BCUT2D eigenvalue weighted by molar-refractivity contribution is 6.41. The topological polar surface area (TPSA) is 73.2 Å². The third-order valence-corrected chi connectivity index (χ3v) is 4.82. The predicted octanol–water partition coefficient (Wildman–Crippen LogP) is 2.80. The van der Waals surface area contributed by atoms with Gasteiger partial charge >= 0.3 is 11.8 Å². The fourth-order valence-electron chi connectivity index (χ4n) is 2.28. The predicted molar refractivity (Wildman–Crippen MR) is 84.4 cm³/mol. The van der Waals surface area contributed by atoms with Crippen LogP contribution in [0.4, 0.5) is 5.69 Å². The number of amides is 2. The molecule has 1 aromatic carbocycles. The van der Waals surface area contributed by atoms with Crippen molar-refractivity contribution in [1.82, 2.24) is 4.90 Å². The molecule has 1 aromatic rings. The Bertz CT molecular complexity index is 662. The molecule has 1 aliphatic rings. The molecule has 0 radical (unpaired) electrons. The number of rotatable bonds is 3. The van der Waals surface area contributed by atoms with Crippen molar-refractivity contribution < 1.29 is 9.59 Å². The van der Waals surface area contributed by atoms with Gasteiger partial charge in [0.2, 0.25) is 0 Å². The number of nitriles is 1. The SMILES string of the molecule is CC(N(C)C(=O)C(=O)Nc1cc(C#N)ccc1Cl)C1(C)CC1. The second-order valence-electron chi connectivity index (χ2n) is 6.01. The number of halogens is 1. The third-order valence-electron chi connectivity index (χ3n) is 4.49. The average Bonchev–Trinajstić information content (AvgIpc) is 3.26. The summed E-state index contributed by atoms with van der Waals surface area (Å²) in [6.45, 7) is 4.05. The second kappa shape index (κ2) is 5.98. The minimum absolute atomic E-state index is 0.00772. The molecule has 6 heteroatoms. The van der Waals surface area contributed by atoms with Gasteiger partial charge in [-0.1, -0.05) is 18.5 Å². The van der Waals surface area contributed by atoms with E-state index in [0.717, 1.165) is 12.8 Å². The number of carbonyl (C=O) groups is 2. The summed E-state index contributed by atoms with van der Waals surface area (Å²) >= 11 is 5.98. The number of hydrogen-bond acceptors (Lipinski definition) is 3. The number of hydrogen-bond donors (Lipinski definition) is 1. The van der Waals surface area contributed by atoms with Gasteiger partial charge < -0.3 is 10.2 Å². The molecule has 22 heavy (non-hydrogen) atoms. The standard InChI is InChI=1S/C16H18ClN3O2/c1-10(16(2)6-7-16)20(3)15(22)14(21)19-13-8-11(9-18)4-5-12(13)17/h4-5,8,10H,6-7H2,1-3H3,(H,19,21). The smallest absolute Gasteiger partial charge is 0.313 e. The van der Waals surface area contributed by atoms with Gasteiger partial charge in [0, 0.05) is 13.1 Å². The molecule has 5 nitrogen and oxygen atoms in total. The van der Waals surface area contributed by atoms with E-state index in [1.165, 1.54) is 17.0 Å². The largest absolute Gasteiger partial charge is 0.334 e. The molecule has 1 fully saturated rings. The lowest BCUT2D eigenvalue weighted by Crippen LogP contribution is -2.45. The molecule has 116 valence electrons. The van der Waals surface area contributed by atoms with Crippen molar-refractivity contribution in [2.75, 3.05) is 12.4 Å². The summed E-state index contributed by atoms with van der Waals surface area (Å²) in [6, 6.07) is 6.45. The van der Waals surface area contributed by atoms with Crippen molar-refractivity contribution >= 4 is 29.1 Å². The lowest BCUT2D eigenvalue weighted by atomic mass is 9.99. The van der Waals surface area contributed by atoms with E-state index >= 15 is 0 Å². The molecule has 0 bridgehead atoms. The van der Waals surface area contributed by atoms with Crippen LogP contribution in [0.2, 0.25) is 5.02 Å². The first-order chi connectivity index (χ1) is 10.3. The lowest BCUT2D eigenvalue weighted by molar-refractivity contribution is -0.144. The zero-order chi connectivity index (χ0) is 16.5. The maximum absolute atomic E-state index is 12.2. The molecule has 0 heterocycles. The van der Waals surface area contributed by atoms with Crippen molar-refractivity contribution in [3.05, 3.63) is 28.8 Å². The summed E-state index contributed by atoms with van der Waals surface area (Å²) in [6.07, 6.45) is 2.12. The first-order valence-electron chi connectivity index (χ1n) is 7.06. The Kier molecular flexibility index (Phi) is 4.43. The molecule has 1 aliphatic carbocycles. The van der Waals surface area contributed by atoms with Crippen LogP contribution in [0.5, 0.6) is 0 Å². The van der Waals surface area contributed by atoms with Gasteiger partial charge in [-0.3, -0.25) is 9.59 Å². The van der Waals surface area contributed by atoms with E-state index in [0.29, 0.717) is 5.56 Å². The van der Waals surface area contributed by atoms with Gasteiger partial charge in [0.15, 0.2) is 0 Å². The summed E-state index contributed by atoms with van der Waals surface area (Å²) < 4.78 is 0. The van der Waals surface area contributed by atoms with Gasteiger partial charge in [0.1, 0.15) is 0 Å². The van der Waals surface area contributed by atoms with Crippen LogP contribution in [0, 0.1) is 16.7 Å². The van der Waals surface area contributed by atoms with Crippen molar-refractivity contribution in [3.8, 4) is 6.07 Å². The second-order valence-corrected chi connectivity index (χ2v) is 6.41. The minimum Gasteiger partial charge on any atom is -0.334 e. The van der Waals surface area contributed by atoms with Crippen LogP contribution in [0.25, 0.3) is 0 Å². The summed E-state index contributed by atoms with van der Waals surface area (Å²) in [5.74, 6) is -1.37. The Balaban J connectivity index is 2.09. The van der Waals surface area contributed by atoms with Gasteiger partial charge in [0.05, 0.1) is 22.3 Å². The third kappa shape index (κ3) is 3.23. The number of nitrogens with one attached hydrogen (secondary N) is 1. The maximum Gasteiger partial charge on any atom is 0.313 e. The molecule has 1 atom stereocenters. The highest BCUT2D eigenvalue weighted by Gasteiger charge is 2.45. The van der Waals surface area contributed by atoms with Crippen molar-refractivity contribution in [2.45, 2.75) is 32.7 Å². The van der Waals surface area contributed by atoms with E-state index in [1.54, 1.807) is 13.1 Å². The monoisotopic (exact) mass is 319 g/mol. The van der Waals surface area contributed by atoms with Gasteiger partial charge in [-0.25, -0.2) is 0 Å². The van der Waals surface area contributed by atoms with Gasteiger partial charge in [-0.2, -0.15) is 5.26 Å². The summed E-state index contributed by atoms with van der Waals surface area (Å²) in [5, 5.41) is 11.6. The van der Waals surface area contributed by atoms with Crippen LogP contribution in [-0.4, -0.2) is 29.8 Å². The van der Waals surface area contributed by atoms with Crippen LogP contribution in [0.15, 0.2) is 18.2 Å². The number of anilines is 1. The van der Waals surface area contributed by atoms with E-state index < -0.39 is 11.8 Å². The van der Waals surface area contributed by atoms with Crippen molar-refractivity contribution in [1.29, 1.82) is 5.26 Å². The van der Waals surface area contributed by atoms with Gasteiger partial charge in [0.25, 0.3) is 0 Å². The van der Waals surface area contributed by atoms with Crippen LogP contribution in [-0.2, 0) is 9.59 Å². The van der Waals surface area contributed by atoms with E-state index in [9.17, 15) is 9.59 Å². The molecule has 0 spiro atoms. The molecule has 1 unspecified atom stereocenters. The Morgan fingerprint density at radius 1 is 1.45 bits per heavy atom. The summed E-state index contributed by atoms with van der Waals surface area (Å²) in [4.78, 5) is 25.8. The normalized spacial score (nSPS) is 16.3. The number of benzene rings is 1. The molecule has 0 aromatic heterocycles. The fourth-order valence-corrected chi connectivity index (χ4v) is 2.45. The number of likely N-dealkylation sites (N-methyl/N-ethyl adjacent to an activating group) is 1. The molecule has 0 aliphatic heterocycles. The van der Waals surface area contributed by atoms with E-state index in [2.05, 4.69) is 12.2 Å². The van der Waals surface area contributed by atoms with Crippen LogP contribution < -0.4 is 5.32 Å². The first-order valence-corrected chi connectivity index (χ1v) is 7.44. The van der Waals surface area contributed by atoms with Gasteiger partial charge in [-0.15, -0.1) is 0 Å². The Labute approximate surface area is 134 Å². The average molecular weight is 320 g/mol. The van der Waals surface area contributed by atoms with E-state index in [-0.39, 0.29) is 22.2 Å². The first kappa shape index (κ1) is 16.3. The highest BCUT2D eigenvalue weighted by Crippen LogP contribution is 2.49. The quantitative estimate of drug-likeness (QED) is 0.871. The van der Waals surface area contributed by atoms with Crippen molar-refractivity contribution in [3.63, 3.8) is 0 Å². The Morgan fingerprint density at radius 3 is 2.64 bits per heavy atom. The van der Waals surface area contributed by atoms with Crippen LogP contribution >= 0.6 is 11.6 Å². The maximum atomic E-state index is 12.2. The molecule has 2 rings (SSSR count). The number of carbonyl (C=O) groups excluding carboxylic acids is 2. The van der Waals surface area contributed by atoms with E-state index in [4.69, 9.17) is 16.9 Å². The fraction of sp³-hybridized carbons (Fsp3) is 0.438. The molecule has 0 saturated heterocycles. The van der Waals surface area contributed by atoms with Crippen LogP contribution in [0.3, 0.4) is 0 Å².